The molecule has 0 bridgehead atoms. The van der Waals surface area contributed by atoms with E-state index in [-0.39, 0.29) is 5.56 Å². The second-order valence-corrected chi connectivity index (χ2v) is 7.86. The molecule has 0 spiro atoms. The average molecular weight is 404 g/mol. The van der Waals surface area contributed by atoms with Crippen LogP contribution in [-0.2, 0) is 24.3 Å². The predicted octanol–water partition coefficient (Wildman–Crippen LogP) is 2.08. The first-order valence-corrected chi connectivity index (χ1v) is 10.4. The van der Waals surface area contributed by atoms with Gasteiger partial charge in [-0.15, -0.1) is 0 Å². The van der Waals surface area contributed by atoms with Gasteiger partial charge < -0.3 is 9.64 Å². The van der Waals surface area contributed by atoms with Crippen molar-refractivity contribution < 1.29 is 4.74 Å². The minimum atomic E-state index is -0.0201. The number of hydrogen-bond donors (Lipinski definition) is 0. The van der Waals surface area contributed by atoms with E-state index in [1.165, 1.54) is 0 Å². The number of ether oxygens (including phenoxy) is 1. The summed E-state index contributed by atoms with van der Waals surface area (Å²) in [6.45, 7) is 3.86. The predicted molar refractivity (Wildman–Crippen MR) is 112 cm³/mol. The van der Waals surface area contributed by atoms with E-state index >= 15 is 0 Å². The van der Waals surface area contributed by atoms with E-state index in [2.05, 4.69) is 24.8 Å². The SMILES string of the molecule is O=c1cc(-c2cccnc2)ncn1CC1CCN(c2ncnc3c2COCC3)CC1. The lowest BCUT2D eigenvalue weighted by molar-refractivity contribution is 0.109. The van der Waals surface area contributed by atoms with Crippen molar-refractivity contribution in [1.82, 2.24) is 24.5 Å². The van der Waals surface area contributed by atoms with Gasteiger partial charge in [0.15, 0.2) is 0 Å². The second-order valence-electron chi connectivity index (χ2n) is 7.86. The summed E-state index contributed by atoms with van der Waals surface area (Å²) in [6, 6.07) is 5.35. The van der Waals surface area contributed by atoms with Crippen LogP contribution in [0.25, 0.3) is 11.3 Å². The van der Waals surface area contributed by atoms with E-state index < -0.39 is 0 Å². The van der Waals surface area contributed by atoms with Crippen LogP contribution in [0.2, 0.25) is 0 Å². The first-order chi connectivity index (χ1) is 14.8. The van der Waals surface area contributed by atoms with Gasteiger partial charge >= 0.3 is 0 Å². The largest absolute Gasteiger partial charge is 0.376 e. The molecule has 5 heterocycles. The van der Waals surface area contributed by atoms with Crippen LogP contribution in [0.4, 0.5) is 5.82 Å². The molecule has 8 nitrogen and oxygen atoms in total. The van der Waals surface area contributed by atoms with Gasteiger partial charge in [-0.3, -0.25) is 14.3 Å². The molecular weight excluding hydrogens is 380 g/mol. The molecule has 0 N–H and O–H groups in total. The van der Waals surface area contributed by atoms with Gasteiger partial charge in [-0.25, -0.2) is 15.0 Å². The lowest BCUT2D eigenvalue weighted by Crippen LogP contribution is -2.37. The first-order valence-electron chi connectivity index (χ1n) is 10.4. The van der Waals surface area contributed by atoms with Crippen LogP contribution in [0.1, 0.15) is 24.1 Å². The number of aromatic nitrogens is 5. The highest BCUT2D eigenvalue weighted by molar-refractivity contribution is 5.56. The van der Waals surface area contributed by atoms with Gasteiger partial charge in [0.1, 0.15) is 12.1 Å². The topological polar surface area (TPSA) is 86.0 Å². The lowest BCUT2D eigenvalue weighted by atomic mass is 9.96. The number of anilines is 1. The normalized spacial score (nSPS) is 17.0. The Morgan fingerprint density at radius 1 is 1.17 bits per heavy atom. The third-order valence-corrected chi connectivity index (χ3v) is 5.95. The minimum Gasteiger partial charge on any atom is -0.376 e. The Kier molecular flexibility index (Phi) is 5.23. The molecule has 0 amide bonds. The zero-order valence-corrected chi connectivity index (χ0v) is 16.8. The fraction of sp³-hybridized carbons (Fsp3) is 0.409. The van der Waals surface area contributed by atoms with Crippen LogP contribution in [0.5, 0.6) is 0 Å². The summed E-state index contributed by atoms with van der Waals surface area (Å²) >= 11 is 0. The van der Waals surface area contributed by atoms with Gasteiger partial charge in [-0.1, -0.05) is 0 Å². The molecule has 30 heavy (non-hydrogen) atoms. The van der Waals surface area contributed by atoms with Crippen molar-refractivity contribution in [2.45, 2.75) is 32.4 Å². The van der Waals surface area contributed by atoms with Gasteiger partial charge in [-0.2, -0.15) is 0 Å². The van der Waals surface area contributed by atoms with E-state index in [9.17, 15) is 4.79 Å². The Hall–Kier alpha value is -3.13. The summed E-state index contributed by atoms with van der Waals surface area (Å²) in [5.74, 6) is 1.46. The van der Waals surface area contributed by atoms with Crippen molar-refractivity contribution in [2.75, 3.05) is 24.6 Å². The molecule has 3 aromatic heterocycles. The summed E-state index contributed by atoms with van der Waals surface area (Å²) in [5, 5.41) is 0. The maximum atomic E-state index is 12.6. The highest BCUT2D eigenvalue weighted by Crippen LogP contribution is 2.28. The van der Waals surface area contributed by atoms with Gasteiger partial charge in [0.2, 0.25) is 0 Å². The molecule has 1 saturated heterocycles. The van der Waals surface area contributed by atoms with Crippen molar-refractivity contribution in [3.05, 3.63) is 64.9 Å². The molecule has 0 aromatic carbocycles. The number of hydrogen-bond acceptors (Lipinski definition) is 7. The summed E-state index contributed by atoms with van der Waals surface area (Å²) < 4.78 is 7.35. The molecule has 0 aliphatic carbocycles. The molecule has 1 fully saturated rings. The molecule has 2 aliphatic rings. The van der Waals surface area contributed by atoms with Gasteiger partial charge in [0, 0.05) is 55.6 Å². The average Bonchev–Trinajstić information content (AvgIpc) is 2.81. The van der Waals surface area contributed by atoms with Gasteiger partial charge in [0.05, 0.1) is 30.9 Å². The standard InChI is InChI=1S/C22H24N6O2/c29-21-10-20(17-2-1-6-23-11-17)26-15-28(21)12-16-3-7-27(8-4-16)22-18-13-30-9-5-19(18)24-14-25-22/h1-2,6,10-11,14-16H,3-5,7-9,12-13H2. The van der Waals surface area contributed by atoms with E-state index in [4.69, 9.17) is 4.74 Å². The third-order valence-electron chi connectivity index (χ3n) is 5.95. The second kappa shape index (κ2) is 8.31. The molecule has 0 radical (unpaired) electrons. The van der Waals surface area contributed by atoms with Crippen LogP contribution in [0, 0.1) is 5.92 Å². The molecule has 0 saturated carbocycles. The monoisotopic (exact) mass is 404 g/mol. The zero-order valence-electron chi connectivity index (χ0n) is 16.8. The van der Waals surface area contributed by atoms with Crippen LogP contribution in [-0.4, -0.2) is 44.2 Å². The highest BCUT2D eigenvalue weighted by atomic mass is 16.5. The van der Waals surface area contributed by atoms with Crippen molar-refractivity contribution in [1.29, 1.82) is 0 Å². The quantitative estimate of drug-likeness (QED) is 0.658. The van der Waals surface area contributed by atoms with Crippen LogP contribution in [0.3, 0.4) is 0 Å². The maximum absolute atomic E-state index is 12.6. The number of nitrogens with zero attached hydrogens (tertiary/aromatic N) is 6. The molecular formula is C22H24N6O2. The van der Waals surface area contributed by atoms with E-state index in [0.717, 1.165) is 61.6 Å². The fourth-order valence-electron chi connectivity index (χ4n) is 4.26. The molecule has 2 aliphatic heterocycles. The van der Waals surface area contributed by atoms with E-state index in [1.807, 2.05) is 12.1 Å². The van der Waals surface area contributed by atoms with Crippen LogP contribution >= 0.6 is 0 Å². The van der Waals surface area contributed by atoms with E-state index in [0.29, 0.717) is 24.8 Å². The Morgan fingerprint density at radius 2 is 2.07 bits per heavy atom. The summed E-state index contributed by atoms with van der Waals surface area (Å²) in [5.41, 5.74) is 3.74. The molecule has 0 unspecified atom stereocenters. The first kappa shape index (κ1) is 18.9. The molecule has 3 aromatic rings. The number of rotatable bonds is 4. The zero-order chi connectivity index (χ0) is 20.3. The molecule has 154 valence electrons. The number of fused-ring (bicyclic) bond motifs is 1. The number of pyridine rings is 1. The molecule has 8 heteroatoms. The Balaban J connectivity index is 1.24. The molecule has 0 atom stereocenters. The Morgan fingerprint density at radius 3 is 2.87 bits per heavy atom. The van der Waals surface area contributed by atoms with Crippen molar-refractivity contribution >= 4 is 5.82 Å². The van der Waals surface area contributed by atoms with Gasteiger partial charge in [-0.05, 0) is 30.9 Å². The van der Waals surface area contributed by atoms with Crippen molar-refractivity contribution in [3.8, 4) is 11.3 Å². The lowest BCUT2D eigenvalue weighted by Gasteiger charge is -2.34. The summed E-state index contributed by atoms with van der Waals surface area (Å²) in [7, 11) is 0. The van der Waals surface area contributed by atoms with Crippen molar-refractivity contribution in [2.24, 2.45) is 5.92 Å². The van der Waals surface area contributed by atoms with Crippen LogP contribution in [0.15, 0.2) is 48.0 Å². The maximum Gasteiger partial charge on any atom is 0.253 e. The fourth-order valence-corrected chi connectivity index (χ4v) is 4.26. The Bertz CT molecular complexity index is 1080. The third kappa shape index (κ3) is 3.82. The molecule has 5 rings (SSSR count). The summed E-state index contributed by atoms with van der Waals surface area (Å²) in [6.07, 6.45) is 9.63. The van der Waals surface area contributed by atoms with Gasteiger partial charge in [0.25, 0.3) is 5.56 Å². The smallest absolute Gasteiger partial charge is 0.253 e. The Labute approximate surface area is 174 Å². The van der Waals surface area contributed by atoms with E-state index in [1.54, 1.807) is 35.7 Å². The van der Waals surface area contributed by atoms with Crippen LogP contribution < -0.4 is 10.5 Å². The number of piperidine rings is 1. The minimum absolute atomic E-state index is 0.0201. The van der Waals surface area contributed by atoms with Crippen molar-refractivity contribution in [3.63, 3.8) is 0 Å². The summed E-state index contributed by atoms with van der Waals surface area (Å²) in [4.78, 5) is 32.4. The highest BCUT2D eigenvalue weighted by Gasteiger charge is 2.25.